The van der Waals surface area contributed by atoms with Crippen molar-refractivity contribution in [1.29, 1.82) is 0 Å². The highest BCUT2D eigenvalue weighted by Crippen LogP contribution is 2.18. The minimum Gasteiger partial charge on any atom is -0.342 e. The lowest BCUT2D eigenvalue weighted by atomic mass is 10.1. The Labute approximate surface area is 153 Å². The van der Waals surface area contributed by atoms with Crippen LogP contribution in [0.25, 0.3) is 0 Å². The zero-order valence-electron chi connectivity index (χ0n) is 14.9. The summed E-state index contributed by atoms with van der Waals surface area (Å²) >= 11 is 1.50. The maximum Gasteiger partial charge on any atom is 0.233 e. The van der Waals surface area contributed by atoms with Crippen LogP contribution in [0.3, 0.4) is 0 Å². The second-order valence-electron chi connectivity index (χ2n) is 6.53. The average molecular weight is 359 g/mol. The summed E-state index contributed by atoms with van der Waals surface area (Å²) in [6, 6.07) is 10.4. The van der Waals surface area contributed by atoms with Gasteiger partial charge < -0.3 is 9.47 Å². The van der Waals surface area contributed by atoms with Gasteiger partial charge in [-0.3, -0.25) is 4.79 Å². The average Bonchev–Trinajstić information content (AvgIpc) is 2.84. The SMILES string of the molecule is Cn1c(CCc2ccccc2)nnc1SCC(=O)N1CCCCCC1. The summed E-state index contributed by atoms with van der Waals surface area (Å²) in [5.74, 6) is 1.64. The molecule has 1 saturated heterocycles. The molecule has 1 fully saturated rings. The number of rotatable bonds is 6. The van der Waals surface area contributed by atoms with Crippen molar-refractivity contribution in [3.63, 3.8) is 0 Å². The van der Waals surface area contributed by atoms with Crippen LogP contribution in [-0.2, 0) is 24.7 Å². The quantitative estimate of drug-likeness (QED) is 0.745. The normalized spacial score (nSPS) is 15.2. The van der Waals surface area contributed by atoms with E-state index in [1.807, 2.05) is 22.6 Å². The van der Waals surface area contributed by atoms with Crippen LogP contribution in [0.4, 0.5) is 0 Å². The molecule has 0 aliphatic carbocycles. The van der Waals surface area contributed by atoms with Gasteiger partial charge in [0.05, 0.1) is 5.75 Å². The molecule has 1 aromatic carbocycles. The summed E-state index contributed by atoms with van der Waals surface area (Å²) in [6.45, 7) is 1.81. The summed E-state index contributed by atoms with van der Waals surface area (Å²) in [5.41, 5.74) is 1.30. The van der Waals surface area contributed by atoms with Crippen LogP contribution in [0.5, 0.6) is 0 Å². The standard InChI is InChI=1S/C19H26N4OS/c1-22-17(12-11-16-9-5-4-6-10-16)20-21-19(22)25-15-18(24)23-13-7-2-3-8-14-23/h4-6,9-10H,2-3,7-8,11-15H2,1H3. The predicted octanol–water partition coefficient (Wildman–Crippen LogP) is 3.10. The molecule has 1 aliphatic rings. The Morgan fingerprint density at radius 2 is 1.76 bits per heavy atom. The number of carbonyl (C=O) groups is 1. The minimum absolute atomic E-state index is 0.223. The first-order valence-electron chi connectivity index (χ1n) is 9.07. The third kappa shape index (κ3) is 5.08. The van der Waals surface area contributed by atoms with Gasteiger partial charge in [-0.25, -0.2) is 0 Å². The first-order valence-corrected chi connectivity index (χ1v) is 10.1. The maximum absolute atomic E-state index is 12.4. The molecule has 1 amide bonds. The number of nitrogens with zero attached hydrogens (tertiary/aromatic N) is 4. The lowest BCUT2D eigenvalue weighted by Crippen LogP contribution is -2.33. The Balaban J connectivity index is 1.51. The van der Waals surface area contributed by atoms with Crippen LogP contribution >= 0.6 is 11.8 Å². The van der Waals surface area contributed by atoms with Gasteiger partial charge in [-0.1, -0.05) is 54.9 Å². The van der Waals surface area contributed by atoms with E-state index in [1.165, 1.54) is 30.2 Å². The van der Waals surface area contributed by atoms with Crippen molar-refractivity contribution in [2.75, 3.05) is 18.8 Å². The number of amides is 1. The van der Waals surface area contributed by atoms with Crippen LogP contribution in [-0.4, -0.2) is 44.4 Å². The van der Waals surface area contributed by atoms with E-state index in [4.69, 9.17) is 0 Å². The number of aromatic nitrogens is 3. The third-order valence-electron chi connectivity index (χ3n) is 4.69. The summed E-state index contributed by atoms with van der Waals surface area (Å²) < 4.78 is 2.02. The Morgan fingerprint density at radius 1 is 1.04 bits per heavy atom. The van der Waals surface area contributed by atoms with Crippen molar-refractivity contribution in [3.05, 3.63) is 41.7 Å². The molecule has 2 aromatic rings. The van der Waals surface area contributed by atoms with Crippen molar-refractivity contribution < 1.29 is 4.79 Å². The Hall–Kier alpha value is -1.82. The molecule has 0 spiro atoms. The Kier molecular flexibility index (Phi) is 6.50. The van der Waals surface area contributed by atoms with Gasteiger partial charge in [0.1, 0.15) is 5.82 Å². The number of aryl methyl sites for hydroxylation is 2. The molecule has 134 valence electrons. The smallest absolute Gasteiger partial charge is 0.233 e. The van der Waals surface area contributed by atoms with E-state index < -0.39 is 0 Å². The van der Waals surface area contributed by atoms with E-state index in [1.54, 1.807) is 0 Å². The van der Waals surface area contributed by atoms with E-state index >= 15 is 0 Å². The fraction of sp³-hybridized carbons (Fsp3) is 0.526. The molecule has 2 heterocycles. The molecule has 0 unspecified atom stereocenters. The van der Waals surface area contributed by atoms with Gasteiger partial charge >= 0.3 is 0 Å². The molecule has 3 rings (SSSR count). The highest BCUT2D eigenvalue weighted by Gasteiger charge is 2.17. The van der Waals surface area contributed by atoms with Crippen molar-refractivity contribution in [2.45, 2.75) is 43.7 Å². The van der Waals surface area contributed by atoms with E-state index in [0.717, 1.165) is 49.8 Å². The monoisotopic (exact) mass is 358 g/mol. The van der Waals surface area contributed by atoms with Crippen LogP contribution in [0, 0.1) is 0 Å². The van der Waals surface area contributed by atoms with Gasteiger partial charge in [0, 0.05) is 26.6 Å². The molecular formula is C19H26N4OS. The molecule has 1 aliphatic heterocycles. The van der Waals surface area contributed by atoms with E-state index in [2.05, 4.69) is 34.5 Å². The molecule has 6 heteroatoms. The zero-order valence-corrected chi connectivity index (χ0v) is 15.7. The molecule has 0 radical (unpaired) electrons. The molecule has 1 aromatic heterocycles. The van der Waals surface area contributed by atoms with Crippen molar-refractivity contribution in [2.24, 2.45) is 7.05 Å². The highest BCUT2D eigenvalue weighted by atomic mass is 32.2. The fourth-order valence-electron chi connectivity index (χ4n) is 3.13. The zero-order chi connectivity index (χ0) is 17.5. The number of thioether (sulfide) groups is 1. The van der Waals surface area contributed by atoms with Gasteiger partial charge in [0.25, 0.3) is 0 Å². The van der Waals surface area contributed by atoms with E-state index in [9.17, 15) is 4.79 Å². The fourth-order valence-corrected chi connectivity index (χ4v) is 3.96. The van der Waals surface area contributed by atoms with Crippen molar-refractivity contribution in [1.82, 2.24) is 19.7 Å². The molecule has 0 bridgehead atoms. The predicted molar refractivity (Wildman–Crippen MR) is 101 cm³/mol. The van der Waals surface area contributed by atoms with Crippen molar-refractivity contribution >= 4 is 17.7 Å². The first kappa shape index (κ1) is 18.0. The summed E-state index contributed by atoms with van der Waals surface area (Å²) in [5, 5.41) is 9.40. The maximum atomic E-state index is 12.4. The summed E-state index contributed by atoms with van der Waals surface area (Å²) in [4.78, 5) is 14.4. The van der Waals surface area contributed by atoms with Crippen LogP contribution < -0.4 is 0 Å². The third-order valence-corrected chi connectivity index (χ3v) is 5.69. The van der Waals surface area contributed by atoms with Gasteiger partial charge in [-0.15, -0.1) is 10.2 Å². The van der Waals surface area contributed by atoms with Gasteiger partial charge in [0.15, 0.2) is 5.16 Å². The van der Waals surface area contributed by atoms with Crippen LogP contribution in [0.2, 0.25) is 0 Å². The van der Waals surface area contributed by atoms with Gasteiger partial charge in [0.2, 0.25) is 5.91 Å². The van der Waals surface area contributed by atoms with E-state index in [0.29, 0.717) is 5.75 Å². The van der Waals surface area contributed by atoms with Gasteiger partial charge in [-0.05, 0) is 24.8 Å². The Bertz CT molecular complexity index is 678. The second-order valence-corrected chi connectivity index (χ2v) is 7.47. The van der Waals surface area contributed by atoms with Crippen LogP contribution in [0.1, 0.15) is 37.1 Å². The summed E-state index contributed by atoms with van der Waals surface area (Å²) in [6.07, 6.45) is 6.54. The first-order chi connectivity index (χ1) is 12.2. The highest BCUT2D eigenvalue weighted by molar-refractivity contribution is 7.99. The topological polar surface area (TPSA) is 51.0 Å². The molecule has 5 nitrogen and oxygen atoms in total. The minimum atomic E-state index is 0.223. The number of hydrogen-bond donors (Lipinski definition) is 0. The number of carbonyl (C=O) groups excluding carboxylic acids is 1. The molecule has 0 atom stereocenters. The number of likely N-dealkylation sites (tertiary alicyclic amines) is 1. The molecular weight excluding hydrogens is 332 g/mol. The lowest BCUT2D eigenvalue weighted by Gasteiger charge is -2.19. The summed E-state index contributed by atoms with van der Waals surface area (Å²) in [7, 11) is 1.99. The van der Waals surface area contributed by atoms with Crippen molar-refractivity contribution in [3.8, 4) is 0 Å². The molecule has 25 heavy (non-hydrogen) atoms. The largest absolute Gasteiger partial charge is 0.342 e. The molecule has 0 saturated carbocycles. The molecule has 0 N–H and O–H groups in total. The van der Waals surface area contributed by atoms with Crippen LogP contribution in [0.15, 0.2) is 35.5 Å². The number of benzene rings is 1. The van der Waals surface area contributed by atoms with Gasteiger partial charge in [-0.2, -0.15) is 0 Å². The number of hydrogen-bond acceptors (Lipinski definition) is 4. The second kappa shape index (κ2) is 9.04. The van der Waals surface area contributed by atoms with E-state index in [-0.39, 0.29) is 5.91 Å². The lowest BCUT2D eigenvalue weighted by molar-refractivity contribution is -0.128. The Morgan fingerprint density at radius 3 is 2.48 bits per heavy atom.